The van der Waals surface area contributed by atoms with Crippen LogP contribution in [0.4, 0.5) is 5.82 Å². The fourth-order valence-corrected chi connectivity index (χ4v) is 2.88. The molecule has 0 aliphatic carbocycles. The SMILES string of the molecule is CCCC(C)Nc1nc(C)n[n+](C)c1-c1cccc(Cl)c1Cl. The molecule has 0 amide bonds. The van der Waals surface area contributed by atoms with E-state index in [1.807, 2.05) is 26.1 Å². The molecule has 0 spiro atoms. The Morgan fingerprint density at radius 1 is 1.32 bits per heavy atom. The number of anilines is 1. The molecule has 0 saturated heterocycles. The van der Waals surface area contributed by atoms with Crippen LogP contribution in [0.2, 0.25) is 10.0 Å². The largest absolute Gasteiger partial charge is 0.362 e. The number of halogens is 2. The van der Waals surface area contributed by atoms with Crippen molar-refractivity contribution in [2.24, 2.45) is 7.05 Å². The number of aryl methyl sites for hydroxylation is 2. The molecule has 1 aromatic carbocycles. The predicted molar refractivity (Wildman–Crippen MR) is 91.4 cm³/mol. The highest BCUT2D eigenvalue weighted by atomic mass is 35.5. The van der Waals surface area contributed by atoms with Crippen molar-refractivity contribution in [1.82, 2.24) is 10.1 Å². The summed E-state index contributed by atoms with van der Waals surface area (Å²) in [6, 6.07) is 5.89. The van der Waals surface area contributed by atoms with Crippen LogP contribution in [0.25, 0.3) is 11.3 Å². The molecule has 6 heteroatoms. The molecule has 1 aromatic heterocycles. The minimum Gasteiger partial charge on any atom is -0.362 e. The van der Waals surface area contributed by atoms with Crippen LogP contribution < -0.4 is 10.00 Å². The summed E-state index contributed by atoms with van der Waals surface area (Å²) < 4.78 is 1.79. The van der Waals surface area contributed by atoms with Crippen LogP contribution in [0.1, 0.15) is 32.5 Å². The second kappa shape index (κ2) is 7.25. The summed E-state index contributed by atoms with van der Waals surface area (Å²) in [7, 11) is 1.89. The van der Waals surface area contributed by atoms with Crippen LogP contribution in [0.15, 0.2) is 18.2 Å². The van der Waals surface area contributed by atoms with Gasteiger partial charge in [0.1, 0.15) is 0 Å². The van der Waals surface area contributed by atoms with Crippen LogP contribution in [0.5, 0.6) is 0 Å². The van der Waals surface area contributed by atoms with Crippen LogP contribution in [-0.4, -0.2) is 16.1 Å². The Morgan fingerprint density at radius 3 is 2.73 bits per heavy atom. The van der Waals surface area contributed by atoms with E-state index in [-0.39, 0.29) is 0 Å². The van der Waals surface area contributed by atoms with E-state index < -0.39 is 0 Å². The second-order valence-electron chi connectivity index (χ2n) is 5.42. The number of aromatic nitrogens is 3. The van der Waals surface area contributed by atoms with Gasteiger partial charge in [0.2, 0.25) is 5.82 Å². The lowest BCUT2D eigenvalue weighted by Crippen LogP contribution is -2.38. The van der Waals surface area contributed by atoms with Gasteiger partial charge in [-0.25, -0.2) is 4.98 Å². The van der Waals surface area contributed by atoms with E-state index in [0.717, 1.165) is 29.9 Å². The molecule has 2 rings (SSSR count). The summed E-state index contributed by atoms with van der Waals surface area (Å²) in [6.07, 6.45) is 2.17. The topological polar surface area (TPSA) is 41.7 Å². The third-order valence-electron chi connectivity index (χ3n) is 3.43. The van der Waals surface area contributed by atoms with E-state index in [4.69, 9.17) is 23.2 Å². The molecule has 0 fully saturated rings. The lowest BCUT2D eigenvalue weighted by Gasteiger charge is -2.15. The number of benzene rings is 1. The smallest absolute Gasteiger partial charge is 0.282 e. The molecule has 118 valence electrons. The zero-order chi connectivity index (χ0) is 16.3. The maximum absolute atomic E-state index is 6.38. The van der Waals surface area contributed by atoms with Gasteiger partial charge in [-0.1, -0.05) is 47.3 Å². The Balaban J connectivity index is 2.56. The van der Waals surface area contributed by atoms with Crippen molar-refractivity contribution in [3.63, 3.8) is 0 Å². The van der Waals surface area contributed by atoms with Crippen molar-refractivity contribution in [2.45, 2.75) is 39.7 Å². The predicted octanol–water partition coefficient (Wildman–Crippen LogP) is 4.18. The molecule has 1 unspecified atom stereocenters. The highest BCUT2D eigenvalue weighted by Crippen LogP contribution is 2.34. The Bertz CT molecular complexity index is 673. The Labute approximate surface area is 141 Å². The molecule has 1 atom stereocenters. The lowest BCUT2D eigenvalue weighted by molar-refractivity contribution is -0.720. The van der Waals surface area contributed by atoms with Crippen LogP contribution in [-0.2, 0) is 7.05 Å². The molecule has 0 saturated carbocycles. The maximum atomic E-state index is 6.38. The molecule has 0 bridgehead atoms. The first-order chi connectivity index (χ1) is 10.4. The molecular formula is C16H21Cl2N4+. The summed E-state index contributed by atoms with van der Waals surface area (Å²) in [4.78, 5) is 4.56. The van der Waals surface area contributed by atoms with E-state index in [2.05, 4.69) is 29.2 Å². The van der Waals surface area contributed by atoms with Gasteiger partial charge in [0.15, 0.2) is 12.9 Å². The number of rotatable bonds is 5. The van der Waals surface area contributed by atoms with E-state index in [1.165, 1.54) is 0 Å². The molecule has 22 heavy (non-hydrogen) atoms. The molecule has 2 aromatic rings. The molecule has 0 aliphatic rings. The van der Waals surface area contributed by atoms with E-state index >= 15 is 0 Å². The van der Waals surface area contributed by atoms with Gasteiger partial charge in [-0.15, -0.1) is 0 Å². The minimum atomic E-state index is 0.316. The van der Waals surface area contributed by atoms with Gasteiger partial charge >= 0.3 is 0 Å². The molecule has 1 heterocycles. The molecule has 1 N–H and O–H groups in total. The monoisotopic (exact) mass is 339 g/mol. The zero-order valence-corrected chi connectivity index (χ0v) is 14.8. The number of nitrogens with one attached hydrogen (secondary N) is 1. The summed E-state index contributed by atoms with van der Waals surface area (Å²) >= 11 is 12.5. The summed E-state index contributed by atoms with van der Waals surface area (Å²) in [5, 5.41) is 8.90. The van der Waals surface area contributed by atoms with Gasteiger partial charge in [0.05, 0.1) is 15.6 Å². The van der Waals surface area contributed by atoms with Crippen molar-refractivity contribution in [1.29, 1.82) is 0 Å². The first kappa shape index (κ1) is 17.0. The number of hydrogen-bond acceptors (Lipinski definition) is 3. The quantitative estimate of drug-likeness (QED) is 0.830. The molecule has 4 nitrogen and oxygen atoms in total. The van der Waals surface area contributed by atoms with Crippen molar-refractivity contribution in [3.05, 3.63) is 34.1 Å². The second-order valence-corrected chi connectivity index (χ2v) is 6.20. The normalized spacial score (nSPS) is 12.3. The number of hydrogen-bond donors (Lipinski definition) is 1. The van der Waals surface area contributed by atoms with Gasteiger partial charge in [-0.05, 0) is 25.5 Å². The maximum Gasteiger partial charge on any atom is 0.282 e. The van der Waals surface area contributed by atoms with Crippen LogP contribution in [0, 0.1) is 6.92 Å². The lowest BCUT2D eigenvalue weighted by atomic mass is 10.1. The average Bonchev–Trinajstić information content (AvgIpc) is 2.42. The van der Waals surface area contributed by atoms with Gasteiger partial charge < -0.3 is 5.32 Å². The van der Waals surface area contributed by atoms with Gasteiger partial charge in [0, 0.05) is 18.1 Å². The average molecular weight is 340 g/mol. The van der Waals surface area contributed by atoms with Crippen molar-refractivity contribution in [3.8, 4) is 11.3 Å². The molecule has 0 aliphatic heterocycles. The van der Waals surface area contributed by atoms with Gasteiger partial charge in [-0.3, -0.25) is 0 Å². The van der Waals surface area contributed by atoms with Crippen LogP contribution >= 0.6 is 23.2 Å². The first-order valence-corrected chi connectivity index (χ1v) is 8.15. The first-order valence-electron chi connectivity index (χ1n) is 7.40. The Kier molecular flexibility index (Phi) is 5.59. The fourth-order valence-electron chi connectivity index (χ4n) is 2.49. The molecular weight excluding hydrogens is 319 g/mol. The molecule has 0 radical (unpaired) electrons. The van der Waals surface area contributed by atoms with E-state index in [0.29, 0.717) is 21.9 Å². The Hall–Kier alpha value is -1.39. The summed E-state index contributed by atoms with van der Waals surface area (Å²) in [5.74, 6) is 1.48. The summed E-state index contributed by atoms with van der Waals surface area (Å²) in [6.45, 7) is 6.18. The fraction of sp³-hybridized carbons (Fsp3) is 0.438. The van der Waals surface area contributed by atoms with Crippen molar-refractivity contribution >= 4 is 29.0 Å². The highest BCUT2D eigenvalue weighted by molar-refractivity contribution is 6.43. The van der Waals surface area contributed by atoms with Crippen molar-refractivity contribution < 1.29 is 4.68 Å². The standard InChI is InChI=1S/C16H21Cl2N4/c1-5-7-10(2)19-16-15(22(4)21-11(3)20-16)12-8-6-9-13(17)14(12)18/h6,8-10H,5,7H2,1-4H3,(H,19,20,21)/q+1. The minimum absolute atomic E-state index is 0.316. The van der Waals surface area contributed by atoms with Gasteiger partial charge in [-0.2, -0.15) is 0 Å². The van der Waals surface area contributed by atoms with Crippen molar-refractivity contribution in [2.75, 3.05) is 5.32 Å². The van der Waals surface area contributed by atoms with Gasteiger partial charge in [0.25, 0.3) is 5.69 Å². The van der Waals surface area contributed by atoms with E-state index in [9.17, 15) is 0 Å². The Morgan fingerprint density at radius 2 is 2.05 bits per heavy atom. The summed E-state index contributed by atoms with van der Waals surface area (Å²) in [5.41, 5.74) is 1.66. The number of nitrogens with zero attached hydrogens (tertiary/aromatic N) is 3. The van der Waals surface area contributed by atoms with Crippen LogP contribution in [0.3, 0.4) is 0 Å². The zero-order valence-electron chi connectivity index (χ0n) is 13.3. The van der Waals surface area contributed by atoms with E-state index in [1.54, 1.807) is 10.7 Å². The third-order valence-corrected chi connectivity index (χ3v) is 4.25. The third kappa shape index (κ3) is 3.68. The highest BCUT2D eigenvalue weighted by Gasteiger charge is 2.24.